The maximum Gasteiger partial charge on any atom is 0.321 e. The van der Waals surface area contributed by atoms with Gasteiger partial charge in [-0.25, -0.2) is 0 Å². The van der Waals surface area contributed by atoms with E-state index in [4.69, 9.17) is 8.23 Å². The fourth-order valence-corrected chi connectivity index (χ4v) is 42.0. The van der Waals surface area contributed by atoms with E-state index < -0.39 is 32.5 Å². The Morgan fingerprint density at radius 1 is 1.26 bits per heavy atom. The molecule has 0 spiro atoms. The van der Waals surface area contributed by atoms with Gasteiger partial charge in [-0.3, -0.25) is 0 Å². The second-order valence-electron chi connectivity index (χ2n) is 9.78. The average molecular weight is 447 g/mol. The van der Waals surface area contributed by atoms with E-state index in [1.807, 2.05) is 6.92 Å². The summed E-state index contributed by atoms with van der Waals surface area (Å²) in [5.74, 6) is 0. The molecule has 0 radical (unpaired) electrons. The molecule has 158 valence electrons. The van der Waals surface area contributed by atoms with Crippen LogP contribution in [0.1, 0.15) is 54.4 Å². The van der Waals surface area contributed by atoms with Crippen LogP contribution in [-0.2, 0) is 13.0 Å². The van der Waals surface area contributed by atoms with Crippen molar-refractivity contribution in [1.82, 2.24) is 0 Å². The molecule has 0 aromatic rings. The molecule has 0 saturated carbocycles. The molecule has 5 unspecified atom stereocenters. The zero-order chi connectivity index (χ0) is 21.3. The lowest BCUT2D eigenvalue weighted by Crippen LogP contribution is -2.78. The normalized spacial score (nSPS) is 36.7. The SMILES string of the molecule is C=C(C)C[Si]1(CCCC=O)O[Si](C)(C(C)C)C(C)[Si](C)([Si](C)(O)C(C)C)O1. The van der Waals surface area contributed by atoms with Crippen molar-refractivity contribution < 1.29 is 17.8 Å². The Labute approximate surface area is 171 Å². The van der Waals surface area contributed by atoms with Crippen molar-refractivity contribution in [1.29, 1.82) is 0 Å². The zero-order valence-electron chi connectivity index (χ0n) is 19.0. The minimum atomic E-state index is -2.58. The predicted octanol–water partition coefficient (Wildman–Crippen LogP) is 5.58. The van der Waals surface area contributed by atoms with Crippen molar-refractivity contribution in [2.24, 2.45) is 0 Å². The van der Waals surface area contributed by atoms with Gasteiger partial charge in [-0.1, -0.05) is 40.2 Å². The quantitative estimate of drug-likeness (QED) is 0.217. The third-order valence-corrected chi connectivity index (χ3v) is 40.0. The van der Waals surface area contributed by atoms with Crippen molar-refractivity contribution in [3.63, 3.8) is 0 Å². The van der Waals surface area contributed by atoms with E-state index in [1.165, 1.54) is 0 Å². The standard InChI is InChI=1S/C19H42O4Si4/c1-16(2)15-27(14-12-11-13-20)22-24(8,17(3)4)19(7)26(10,23-27)25(9,21)18(5)6/h13,17-19,21H,1,11-12,14-15H2,2-10H3. The van der Waals surface area contributed by atoms with Crippen LogP contribution in [0.15, 0.2) is 12.2 Å². The second kappa shape index (κ2) is 8.89. The van der Waals surface area contributed by atoms with Gasteiger partial charge in [0.2, 0.25) is 7.83 Å². The van der Waals surface area contributed by atoms with Crippen molar-refractivity contribution in [3.05, 3.63) is 12.2 Å². The Balaban J connectivity index is 3.56. The van der Waals surface area contributed by atoms with E-state index in [2.05, 4.69) is 60.8 Å². The number of rotatable bonds is 9. The van der Waals surface area contributed by atoms with Crippen molar-refractivity contribution >= 4 is 38.8 Å². The third-order valence-electron chi connectivity index (χ3n) is 7.22. The molecule has 1 aliphatic rings. The Kier molecular flexibility index (Phi) is 8.29. The first-order chi connectivity index (χ1) is 12.2. The summed E-state index contributed by atoms with van der Waals surface area (Å²) in [7, 11) is -9.71. The number of carbonyl (C=O) groups is 1. The van der Waals surface area contributed by atoms with Crippen molar-refractivity contribution in [2.45, 2.75) is 102 Å². The van der Waals surface area contributed by atoms with E-state index in [0.717, 1.165) is 30.4 Å². The molecule has 1 heterocycles. The number of unbranched alkanes of at least 4 members (excludes halogenated alkanes) is 1. The van der Waals surface area contributed by atoms with Crippen molar-refractivity contribution in [3.8, 4) is 0 Å². The Morgan fingerprint density at radius 2 is 1.81 bits per heavy atom. The fraction of sp³-hybridized carbons (Fsp3) is 0.842. The highest BCUT2D eigenvalue weighted by atomic mass is 29.3. The minimum Gasteiger partial charge on any atom is -0.436 e. The molecule has 0 aromatic heterocycles. The highest BCUT2D eigenvalue weighted by molar-refractivity contribution is 7.41. The number of carbonyl (C=O) groups excluding carboxylic acids is 1. The highest BCUT2D eigenvalue weighted by Crippen LogP contribution is 2.53. The van der Waals surface area contributed by atoms with Gasteiger partial charge in [0.15, 0.2) is 16.2 Å². The third kappa shape index (κ3) is 4.84. The van der Waals surface area contributed by atoms with Crippen LogP contribution in [0.4, 0.5) is 0 Å². The zero-order valence-corrected chi connectivity index (χ0v) is 23.0. The molecule has 1 fully saturated rings. The largest absolute Gasteiger partial charge is 0.436 e. The van der Waals surface area contributed by atoms with Crippen LogP contribution in [0.3, 0.4) is 0 Å². The predicted molar refractivity (Wildman–Crippen MR) is 124 cm³/mol. The van der Waals surface area contributed by atoms with Gasteiger partial charge < -0.3 is 17.8 Å². The van der Waals surface area contributed by atoms with Gasteiger partial charge in [0.05, 0.1) is 0 Å². The average Bonchev–Trinajstić information content (AvgIpc) is 2.51. The molecular formula is C19H42O4Si4. The lowest BCUT2D eigenvalue weighted by Gasteiger charge is -2.60. The number of allylic oxidation sites excluding steroid dienone is 1. The minimum absolute atomic E-state index is 0.256. The molecule has 1 N–H and O–H groups in total. The summed E-state index contributed by atoms with van der Waals surface area (Å²) in [5, 5.41) is 0.339. The van der Waals surface area contributed by atoms with Crippen LogP contribution < -0.4 is 0 Å². The first-order valence-corrected chi connectivity index (χ1v) is 21.2. The molecule has 0 amide bonds. The number of hydrogen-bond acceptors (Lipinski definition) is 4. The summed E-state index contributed by atoms with van der Waals surface area (Å²) in [6.07, 6.45) is 2.34. The summed E-state index contributed by atoms with van der Waals surface area (Å²) in [4.78, 5) is 22.7. The lowest BCUT2D eigenvalue weighted by atomic mass is 10.4. The summed E-state index contributed by atoms with van der Waals surface area (Å²) >= 11 is 0. The fourth-order valence-electron chi connectivity index (χ4n) is 4.44. The lowest BCUT2D eigenvalue weighted by molar-refractivity contribution is -0.107. The molecule has 0 aliphatic carbocycles. The molecule has 0 aromatic carbocycles. The van der Waals surface area contributed by atoms with E-state index in [0.29, 0.717) is 17.1 Å². The Hall–Kier alpha value is 0.158. The second-order valence-corrected chi connectivity index (χ2v) is 31.6. The van der Waals surface area contributed by atoms with Crippen LogP contribution in [0.2, 0.25) is 48.0 Å². The summed E-state index contributed by atoms with van der Waals surface area (Å²) in [5.41, 5.74) is 1.81. The summed E-state index contributed by atoms with van der Waals surface area (Å²) < 4.78 is 14.2. The number of hydrogen-bond donors (Lipinski definition) is 1. The summed E-state index contributed by atoms with van der Waals surface area (Å²) in [6.45, 7) is 24.1. The van der Waals surface area contributed by atoms with Gasteiger partial charge >= 0.3 is 8.56 Å². The topological polar surface area (TPSA) is 55.8 Å². The van der Waals surface area contributed by atoms with Gasteiger partial charge in [-0.2, -0.15) is 0 Å². The maximum atomic E-state index is 11.8. The molecule has 1 rings (SSSR count). The Bertz CT molecular complexity index is 554. The van der Waals surface area contributed by atoms with Gasteiger partial charge in [0.25, 0.3) is 0 Å². The van der Waals surface area contributed by atoms with Gasteiger partial charge in [-0.05, 0) is 55.3 Å². The van der Waals surface area contributed by atoms with Crippen molar-refractivity contribution in [2.75, 3.05) is 0 Å². The number of aldehydes is 1. The molecule has 27 heavy (non-hydrogen) atoms. The van der Waals surface area contributed by atoms with Gasteiger partial charge in [0, 0.05) is 12.5 Å². The maximum absolute atomic E-state index is 11.8. The van der Waals surface area contributed by atoms with Gasteiger partial charge in [-0.15, -0.1) is 6.58 Å². The molecular weight excluding hydrogens is 405 g/mol. The van der Waals surface area contributed by atoms with Crippen LogP contribution in [0, 0.1) is 0 Å². The Morgan fingerprint density at radius 3 is 2.22 bits per heavy atom. The first kappa shape index (κ1) is 25.2. The van der Waals surface area contributed by atoms with E-state index >= 15 is 0 Å². The molecule has 0 bridgehead atoms. The highest BCUT2D eigenvalue weighted by Gasteiger charge is 2.68. The molecule has 1 saturated heterocycles. The van der Waals surface area contributed by atoms with Crippen LogP contribution in [0.5, 0.6) is 0 Å². The molecule has 8 heteroatoms. The summed E-state index contributed by atoms with van der Waals surface area (Å²) in [6, 6.07) is 1.60. The van der Waals surface area contributed by atoms with Crippen LogP contribution in [0.25, 0.3) is 0 Å². The van der Waals surface area contributed by atoms with Crippen LogP contribution in [-0.4, -0.2) is 43.6 Å². The van der Waals surface area contributed by atoms with Gasteiger partial charge in [0.1, 0.15) is 6.29 Å². The molecule has 1 aliphatic heterocycles. The van der Waals surface area contributed by atoms with E-state index in [-0.39, 0.29) is 5.54 Å². The van der Waals surface area contributed by atoms with E-state index in [1.54, 1.807) is 0 Å². The molecule has 5 atom stereocenters. The molecule has 4 nitrogen and oxygen atoms in total. The smallest absolute Gasteiger partial charge is 0.321 e. The van der Waals surface area contributed by atoms with E-state index in [9.17, 15) is 9.59 Å². The van der Waals surface area contributed by atoms with Crippen LogP contribution >= 0.6 is 0 Å². The monoisotopic (exact) mass is 446 g/mol. The first-order valence-electron chi connectivity index (χ1n) is 10.4.